The first kappa shape index (κ1) is 8.76. The zero-order valence-corrected chi connectivity index (χ0v) is 6.53. The van der Waals surface area contributed by atoms with Gasteiger partial charge in [-0.1, -0.05) is 13.8 Å². The van der Waals surface area contributed by atoms with Crippen molar-refractivity contribution in [1.82, 2.24) is 5.32 Å². The normalized spacial score (nSPS) is 9.78. The average molecular weight is 150 g/mol. The van der Waals surface area contributed by atoms with E-state index in [-0.39, 0.29) is 11.8 Å². The fourth-order valence-electron chi connectivity index (χ4n) is 0.365. The Balaban J connectivity index is 3.17. The van der Waals surface area contributed by atoms with Gasteiger partial charge in [-0.15, -0.1) is 11.6 Å². The summed E-state index contributed by atoms with van der Waals surface area (Å²) in [4.78, 5) is 10.5. The van der Waals surface area contributed by atoms with Crippen molar-refractivity contribution in [2.75, 3.05) is 12.4 Å². The quantitative estimate of drug-likeness (QED) is 0.596. The molecule has 0 rings (SSSR count). The second-order valence-electron chi connectivity index (χ2n) is 2.33. The maximum atomic E-state index is 10.5. The number of halogens is 1. The monoisotopic (exact) mass is 149 g/mol. The summed E-state index contributed by atoms with van der Waals surface area (Å²) in [6.45, 7) is 4.79. The summed E-state index contributed by atoms with van der Waals surface area (Å²) in [5, 5.41) is 2.66. The van der Waals surface area contributed by atoms with Gasteiger partial charge in [-0.05, 0) is 5.92 Å². The summed E-state index contributed by atoms with van der Waals surface area (Å²) in [7, 11) is 0. The molecule has 1 N–H and O–H groups in total. The topological polar surface area (TPSA) is 29.1 Å². The van der Waals surface area contributed by atoms with Crippen LogP contribution < -0.4 is 5.32 Å². The molecule has 54 valence electrons. The van der Waals surface area contributed by atoms with Crippen molar-refractivity contribution in [3.8, 4) is 0 Å². The van der Waals surface area contributed by atoms with Crippen LogP contribution in [0.25, 0.3) is 0 Å². The van der Waals surface area contributed by atoms with E-state index in [9.17, 15) is 4.79 Å². The molecule has 0 aliphatic carbocycles. The fraction of sp³-hybridized carbons (Fsp3) is 0.833. The van der Waals surface area contributed by atoms with Crippen LogP contribution in [-0.2, 0) is 4.79 Å². The Morgan fingerprint density at radius 2 is 2.22 bits per heavy atom. The third-order valence-corrected chi connectivity index (χ3v) is 1.07. The summed E-state index contributed by atoms with van der Waals surface area (Å²) >= 11 is 5.22. The van der Waals surface area contributed by atoms with Crippen molar-refractivity contribution in [2.45, 2.75) is 13.8 Å². The van der Waals surface area contributed by atoms with E-state index < -0.39 is 0 Å². The highest BCUT2D eigenvalue weighted by Gasteiger charge is 1.97. The van der Waals surface area contributed by atoms with Crippen molar-refractivity contribution in [3.63, 3.8) is 0 Å². The molecule has 0 unspecified atom stereocenters. The van der Waals surface area contributed by atoms with E-state index in [4.69, 9.17) is 11.6 Å². The Morgan fingerprint density at radius 3 is 2.56 bits per heavy atom. The molecular formula is C6H12ClNO. The molecule has 0 aliphatic heterocycles. The smallest absolute Gasteiger partial charge is 0.234 e. The molecule has 0 saturated heterocycles. The van der Waals surface area contributed by atoms with Crippen LogP contribution in [0.2, 0.25) is 0 Å². The van der Waals surface area contributed by atoms with Gasteiger partial charge < -0.3 is 5.32 Å². The van der Waals surface area contributed by atoms with Crippen LogP contribution in [0.1, 0.15) is 13.8 Å². The zero-order valence-electron chi connectivity index (χ0n) is 5.78. The first-order valence-electron chi connectivity index (χ1n) is 2.99. The molecule has 0 fully saturated rings. The first-order chi connectivity index (χ1) is 4.16. The highest BCUT2D eigenvalue weighted by Crippen LogP contribution is 1.86. The molecule has 0 aromatic rings. The zero-order chi connectivity index (χ0) is 7.28. The number of amides is 1. The number of carbonyl (C=O) groups excluding carboxylic acids is 1. The molecular weight excluding hydrogens is 138 g/mol. The molecule has 0 radical (unpaired) electrons. The standard InChI is InChI=1S/C6H12ClNO/c1-5(2)4-8-6(9)3-7/h5H,3-4H2,1-2H3,(H,8,9). The van der Waals surface area contributed by atoms with Gasteiger partial charge in [0.15, 0.2) is 0 Å². The molecule has 0 bridgehead atoms. The van der Waals surface area contributed by atoms with Crippen LogP contribution in [0.5, 0.6) is 0 Å². The van der Waals surface area contributed by atoms with Gasteiger partial charge in [0.25, 0.3) is 0 Å². The Labute approximate surface area is 60.6 Å². The summed E-state index contributed by atoms with van der Waals surface area (Å²) < 4.78 is 0. The molecule has 0 heterocycles. The number of hydrogen-bond acceptors (Lipinski definition) is 1. The second-order valence-corrected chi connectivity index (χ2v) is 2.60. The van der Waals surface area contributed by atoms with E-state index >= 15 is 0 Å². The van der Waals surface area contributed by atoms with Crippen molar-refractivity contribution >= 4 is 17.5 Å². The van der Waals surface area contributed by atoms with Crippen molar-refractivity contribution in [2.24, 2.45) is 5.92 Å². The molecule has 0 aliphatic rings. The summed E-state index contributed by atoms with van der Waals surface area (Å²) in [6.07, 6.45) is 0. The van der Waals surface area contributed by atoms with Crippen molar-refractivity contribution < 1.29 is 4.79 Å². The number of carbonyl (C=O) groups is 1. The predicted molar refractivity (Wildman–Crippen MR) is 38.6 cm³/mol. The van der Waals surface area contributed by atoms with Crippen LogP contribution >= 0.6 is 11.6 Å². The third kappa shape index (κ3) is 5.63. The Kier molecular flexibility index (Phi) is 4.50. The molecule has 0 aromatic carbocycles. The Bertz CT molecular complexity index is 93.1. The van der Waals surface area contributed by atoms with Crippen LogP contribution in [0, 0.1) is 5.92 Å². The van der Waals surface area contributed by atoms with E-state index in [0.29, 0.717) is 12.5 Å². The Hall–Kier alpha value is -0.240. The maximum absolute atomic E-state index is 10.5. The van der Waals surface area contributed by atoms with Gasteiger partial charge in [-0.3, -0.25) is 4.79 Å². The lowest BCUT2D eigenvalue weighted by molar-refractivity contribution is -0.118. The second kappa shape index (κ2) is 4.62. The fourth-order valence-corrected chi connectivity index (χ4v) is 0.460. The lowest BCUT2D eigenvalue weighted by Gasteiger charge is -2.04. The van der Waals surface area contributed by atoms with Gasteiger partial charge in [0, 0.05) is 6.54 Å². The molecule has 1 amide bonds. The average Bonchev–Trinajstić information content (AvgIpc) is 1.83. The number of hydrogen-bond donors (Lipinski definition) is 1. The van der Waals surface area contributed by atoms with Crippen molar-refractivity contribution in [1.29, 1.82) is 0 Å². The molecule has 0 spiro atoms. The minimum atomic E-state index is -0.0923. The molecule has 9 heavy (non-hydrogen) atoms. The van der Waals surface area contributed by atoms with Gasteiger partial charge in [-0.2, -0.15) is 0 Å². The largest absolute Gasteiger partial charge is 0.355 e. The van der Waals surface area contributed by atoms with Gasteiger partial charge in [0.1, 0.15) is 5.88 Å². The van der Waals surface area contributed by atoms with E-state index in [1.165, 1.54) is 0 Å². The van der Waals surface area contributed by atoms with E-state index in [0.717, 1.165) is 0 Å². The van der Waals surface area contributed by atoms with E-state index in [1.807, 2.05) is 13.8 Å². The number of rotatable bonds is 3. The third-order valence-electron chi connectivity index (χ3n) is 0.829. The minimum Gasteiger partial charge on any atom is -0.355 e. The summed E-state index contributed by atoms with van der Waals surface area (Å²) in [6, 6.07) is 0. The van der Waals surface area contributed by atoms with Gasteiger partial charge in [0.2, 0.25) is 5.91 Å². The van der Waals surface area contributed by atoms with E-state index in [2.05, 4.69) is 5.32 Å². The first-order valence-corrected chi connectivity index (χ1v) is 3.53. The number of nitrogens with one attached hydrogen (secondary N) is 1. The highest BCUT2D eigenvalue weighted by atomic mass is 35.5. The summed E-state index contributed by atoms with van der Waals surface area (Å²) in [5.41, 5.74) is 0. The maximum Gasteiger partial charge on any atom is 0.234 e. The van der Waals surface area contributed by atoms with Crippen LogP contribution in [0.4, 0.5) is 0 Å². The Morgan fingerprint density at radius 1 is 1.67 bits per heavy atom. The molecule has 2 nitrogen and oxygen atoms in total. The minimum absolute atomic E-state index is 0.0622. The molecule has 0 aromatic heterocycles. The van der Waals surface area contributed by atoms with Gasteiger partial charge in [-0.25, -0.2) is 0 Å². The predicted octanol–water partition coefficient (Wildman–Crippen LogP) is 0.997. The molecule has 0 atom stereocenters. The van der Waals surface area contributed by atoms with Crippen molar-refractivity contribution in [3.05, 3.63) is 0 Å². The number of alkyl halides is 1. The van der Waals surface area contributed by atoms with Crippen LogP contribution in [-0.4, -0.2) is 18.3 Å². The van der Waals surface area contributed by atoms with E-state index in [1.54, 1.807) is 0 Å². The summed E-state index contributed by atoms with van der Waals surface area (Å²) in [5.74, 6) is 0.467. The lowest BCUT2D eigenvalue weighted by atomic mass is 10.2. The van der Waals surface area contributed by atoms with Crippen LogP contribution in [0.15, 0.2) is 0 Å². The molecule has 3 heteroatoms. The lowest BCUT2D eigenvalue weighted by Crippen LogP contribution is -2.28. The molecule has 0 saturated carbocycles. The SMILES string of the molecule is CC(C)CNC(=O)CCl. The highest BCUT2D eigenvalue weighted by molar-refractivity contribution is 6.27. The van der Waals surface area contributed by atoms with Gasteiger partial charge >= 0.3 is 0 Å². The van der Waals surface area contributed by atoms with Gasteiger partial charge in [0.05, 0.1) is 0 Å². The van der Waals surface area contributed by atoms with Crippen LogP contribution in [0.3, 0.4) is 0 Å².